The molecule has 0 aromatic rings. The molecule has 0 aliphatic carbocycles. The highest BCUT2D eigenvalue weighted by atomic mass is 16.6. The maximum Gasteiger partial charge on any atom is 0.306 e. The third-order valence-electron chi connectivity index (χ3n) is 11.0. The molecule has 0 aromatic carbocycles. The van der Waals surface area contributed by atoms with Crippen molar-refractivity contribution in [3.63, 3.8) is 0 Å². The largest absolute Gasteiger partial charge is 0.462 e. The maximum atomic E-state index is 12.8. The summed E-state index contributed by atoms with van der Waals surface area (Å²) in [5.74, 6) is -0.954. The van der Waals surface area contributed by atoms with Crippen LogP contribution >= 0.6 is 0 Å². The molecule has 0 amide bonds. The Balaban J connectivity index is 4.42. The Labute approximate surface area is 388 Å². The molecule has 0 aliphatic heterocycles. The number of carbonyl (C=O) groups is 3. The van der Waals surface area contributed by atoms with Crippen molar-refractivity contribution in [3.05, 3.63) is 85.1 Å². The molecule has 0 bridgehead atoms. The molecule has 0 aliphatic rings. The van der Waals surface area contributed by atoms with E-state index in [1.165, 1.54) is 109 Å². The van der Waals surface area contributed by atoms with Crippen LogP contribution in [0.1, 0.15) is 239 Å². The van der Waals surface area contributed by atoms with E-state index in [1.54, 1.807) is 0 Å². The van der Waals surface area contributed by atoms with Crippen LogP contribution in [0.4, 0.5) is 0 Å². The molecule has 63 heavy (non-hydrogen) atoms. The first-order valence-corrected chi connectivity index (χ1v) is 26.2. The van der Waals surface area contributed by atoms with E-state index in [2.05, 4.69) is 45.1 Å². The summed E-state index contributed by atoms with van der Waals surface area (Å²) in [7, 11) is 0. The zero-order chi connectivity index (χ0) is 45.8. The lowest BCUT2D eigenvalue weighted by atomic mass is 10.0. The van der Waals surface area contributed by atoms with Gasteiger partial charge in [0.15, 0.2) is 6.10 Å². The van der Waals surface area contributed by atoms with Crippen LogP contribution in [0.15, 0.2) is 85.1 Å². The first-order valence-electron chi connectivity index (χ1n) is 26.2. The summed E-state index contributed by atoms with van der Waals surface area (Å²) in [5, 5.41) is 0. The first kappa shape index (κ1) is 59.6. The van der Waals surface area contributed by atoms with Crippen LogP contribution in [0.2, 0.25) is 0 Å². The summed E-state index contributed by atoms with van der Waals surface area (Å²) in [6.45, 7) is 6.41. The molecule has 0 saturated heterocycles. The Morgan fingerprint density at radius 3 is 1.08 bits per heavy atom. The number of unbranched alkanes of at least 4 members (excludes halogenated alkanes) is 26. The Kier molecular flexibility index (Phi) is 48.5. The number of hydrogen-bond acceptors (Lipinski definition) is 6. The fourth-order valence-corrected chi connectivity index (χ4v) is 7.10. The quantitative estimate of drug-likeness (QED) is 0.0199. The average Bonchev–Trinajstić information content (AvgIpc) is 3.28. The Morgan fingerprint density at radius 1 is 0.333 bits per heavy atom. The van der Waals surface area contributed by atoms with E-state index in [0.717, 1.165) is 83.5 Å². The fraction of sp³-hybridized carbons (Fsp3) is 0.702. The summed E-state index contributed by atoms with van der Waals surface area (Å²) >= 11 is 0. The summed E-state index contributed by atoms with van der Waals surface area (Å²) < 4.78 is 16.7. The number of allylic oxidation sites excluding steroid dienone is 14. The highest BCUT2D eigenvalue weighted by molar-refractivity contribution is 5.71. The molecule has 0 rings (SSSR count). The Hall–Kier alpha value is -3.41. The molecule has 0 fully saturated rings. The standard InChI is InChI=1S/C57H96O6/c1-4-7-10-13-16-19-22-24-26-28-30-31-33-35-38-41-44-47-50-56(59)62-53-54(52-61-55(58)49-46-43-40-37-21-18-15-12-9-6-3)63-57(60)51-48-45-42-39-36-34-32-29-27-25-23-20-17-14-11-8-5-2/h8,11,14-15,17-18,20,23,25,27,29,32,34,36,54H,4-7,9-10,12-13,16,19,21-22,24,26,28,30-31,33,35,37-53H2,1-3H3/b11-8-,17-14-,18-15-,23-20-,27-25-,32-29+,36-34-. The van der Waals surface area contributed by atoms with Crippen LogP contribution < -0.4 is 0 Å². The van der Waals surface area contributed by atoms with Gasteiger partial charge in [-0.2, -0.15) is 0 Å². The molecule has 1 atom stereocenters. The molecule has 6 heteroatoms. The predicted molar refractivity (Wildman–Crippen MR) is 270 cm³/mol. The Bertz CT molecular complexity index is 1240. The third kappa shape index (κ3) is 49.5. The number of rotatable bonds is 46. The minimum atomic E-state index is -0.802. The summed E-state index contributed by atoms with van der Waals surface area (Å²) in [4.78, 5) is 37.9. The van der Waals surface area contributed by atoms with E-state index < -0.39 is 6.10 Å². The molecule has 0 heterocycles. The molecule has 0 saturated carbocycles. The molecule has 0 radical (unpaired) electrons. The van der Waals surface area contributed by atoms with Crippen LogP contribution in [0.3, 0.4) is 0 Å². The van der Waals surface area contributed by atoms with Crippen molar-refractivity contribution in [2.45, 2.75) is 245 Å². The third-order valence-corrected chi connectivity index (χ3v) is 11.0. The minimum absolute atomic E-state index is 0.0971. The Morgan fingerprint density at radius 2 is 0.651 bits per heavy atom. The molecular weight excluding hydrogens is 781 g/mol. The lowest BCUT2D eigenvalue weighted by Crippen LogP contribution is -2.30. The van der Waals surface area contributed by atoms with Crippen molar-refractivity contribution in [2.75, 3.05) is 13.2 Å². The van der Waals surface area contributed by atoms with Crippen LogP contribution in [0, 0.1) is 0 Å². The molecule has 0 spiro atoms. The average molecular weight is 877 g/mol. The molecular formula is C57H96O6. The lowest BCUT2D eigenvalue weighted by molar-refractivity contribution is -0.167. The van der Waals surface area contributed by atoms with Gasteiger partial charge in [0, 0.05) is 19.3 Å². The van der Waals surface area contributed by atoms with Crippen LogP contribution in [0.25, 0.3) is 0 Å². The van der Waals surface area contributed by atoms with Gasteiger partial charge in [-0.15, -0.1) is 0 Å². The number of ether oxygens (including phenoxy) is 3. The van der Waals surface area contributed by atoms with E-state index in [4.69, 9.17) is 14.2 Å². The van der Waals surface area contributed by atoms with Crippen molar-refractivity contribution in [3.8, 4) is 0 Å². The smallest absolute Gasteiger partial charge is 0.306 e. The zero-order valence-corrected chi connectivity index (χ0v) is 41.1. The van der Waals surface area contributed by atoms with Crippen LogP contribution in [-0.4, -0.2) is 37.2 Å². The highest BCUT2D eigenvalue weighted by Gasteiger charge is 2.19. The van der Waals surface area contributed by atoms with Crippen molar-refractivity contribution in [1.29, 1.82) is 0 Å². The minimum Gasteiger partial charge on any atom is -0.462 e. The molecule has 1 unspecified atom stereocenters. The first-order chi connectivity index (χ1) is 31.0. The van der Waals surface area contributed by atoms with E-state index in [9.17, 15) is 14.4 Å². The van der Waals surface area contributed by atoms with Gasteiger partial charge in [0.25, 0.3) is 0 Å². The van der Waals surface area contributed by atoms with Crippen LogP contribution in [0.5, 0.6) is 0 Å². The fourth-order valence-electron chi connectivity index (χ4n) is 7.10. The molecule has 0 aromatic heterocycles. The summed E-state index contributed by atoms with van der Waals surface area (Å²) in [6, 6.07) is 0. The van der Waals surface area contributed by atoms with Gasteiger partial charge in [-0.3, -0.25) is 14.4 Å². The van der Waals surface area contributed by atoms with E-state index >= 15 is 0 Å². The number of hydrogen-bond donors (Lipinski definition) is 0. The van der Waals surface area contributed by atoms with Gasteiger partial charge in [-0.1, -0.05) is 247 Å². The summed E-state index contributed by atoms with van der Waals surface area (Å²) in [5.41, 5.74) is 0. The van der Waals surface area contributed by atoms with Gasteiger partial charge in [0.2, 0.25) is 0 Å². The molecule has 6 nitrogen and oxygen atoms in total. The lowest BCUT2D eigenvalue weighted by Gasteiger charge is -2.18. The van der Waals surface area contributed by atoms with E-state index in [1.807, 2.05) is 60.8 Å². The normalized spacial score (nSPS) is 12.7. The monoisotopic (exact) mass is 877 g/mol. The highest BCUT2D eigenvalue weighted by Crippen LogP contribution is 2.15. The zero-order valence-electron chi connectivity index (χ0n) is 41.1. The van der Waals surface area contributed by atoms with E-state index in [0.29, 0.717) is 19.3 Å². The maximum absolute atomic E-state index is 12.8. The van der Waals surface area contributed by atoms with Crippen LogP contribution in [-0.2, 0) is 28.6 Å². The van der Waals surface area contributed by atoms with Crippen molar-refractivity contribution >= 4 is 17.9 Å². The number of esters is 3. The van der Waals surface area contributed by atoms with E-state index in [-0.39, 0.29) is 37.5 Å². The SMILES string of the molecule is CC\C=C/C=C\C=C/C=C\C=C\C=C/CCCCCC(=O)OC(COC(=O)CCCCCC/C=C\CCCC)COC(=O)CCCCCCCCCCCCCCCCCCCC. The molecule has 0 N–H and O–H groups in total. The predicted octanol–water partition coefficient (Wildman–Crippen LogP) is 17.2. The van der Waals surface area contributed by atoms with Crippen molar-refractivity contribution in [1.82, 2.24) is 0 Å². The topological polar surface area (TPSA) is 78.9 Å². The second-order valence-corrected chi connectivity index (χ2v) is 17.2. The number of carbonyl (C=O) groups excluding carboxylic acids is 3. The van der Waals surface area contributed by atoms with Gasteiger partial charge < -0.3 is 14.2 Å². The van der Waals surface area contributed by atoms with Crippen molar-refractivity contribution < 1.29 is 28.6 Å². The van der Waals surface area contributed by atoms with Gasteiger partial charge in [0.1, 0.15) is 13.2 Å². The van der Waals surface area contributed by atoms with Gasteiger partial charge in [-0.05, 0) is 57.8 Å². The second-order valence-electron chi connectivity index (χ2n) is 17.2. The van der Waals surface area contributed by atoms with Gasteiger partial charge in [-0.25, -0.2) is 0 Å². The van der Waals surface area contributed by atoms with Crippen molar-refractivity contribution in [2.24, 2.45) is 0 Å². The molecule has 360 valence electrons. The second kappa shape index (κ2) is 51.2. The van der Waals surface area contributed by atoms with Gasteiger partial charge >= 0.3 is 17.9 Å². The summed E-state index contributed by atoms with van der Waals surface area (Å²) in [6.07, 6.45) is 65.7. The van der Waals surface area contributed by atoms with Gasteiger partial charge in [0.05, 0.1) is 0 Å².